The first kappa shape index (κ1) is 40.7. The molecule has 0 radical (unpaired) electrons. The van der Waals surface area contributed by atoms with Gasteiger partial charge in [-0.3, -0.25) is 14.4 Å². The fraction of sp³-hybridized carbons (Fsp3) is 0.585. The SMILES string of the molecule is CCCCCCCCCCN(CCCCCCCC)c1nc(C(C)(C)C)c(/C=C2\C(=O)N(N(C)C(=O)c3ccccc3)C(=O)C(C#N)=C2C)s1. The number of nitriles is 1. The first-order valence-electron chi connectivity index (χ1n) is 18.8. The predicted molar refractivity (Wildman–Crippen MR) is 206 cm³/mol. The van der Waals surface area contributed by atoms with E-state index in [1.54, 1.807) is 54.7 Å². The van der Waals surface area contributed by atoms with E-state index in [2.05, 4.69) is 39.5 Å². The van der Waals surface area contributed by atoms with Gasteiger partial charge in [0.25, 0.3) is 17.7 Å². The molecule has 0 saturated carbocycles. The van der Waals surface area contributed by atoms with Crippen molar-refractivity contribution in [1.82, 2.24) is 15.0 Å². The largest absolute Gasteiger partial charge is 0.348 e. The van der Waals surface area contributed by atoms with Crippen LogP contribution in [0.1, 0.15) is 152 Å². The number of nitrogens with zero attached hydrogens (tertiary/aromatic N) is 5. The van der Waals surface area contributed by atoms with Crippen molar-refractivity contribution in [2.45, 2.75) is 137 Å². The minimum atomic E-state index is -0.810. The monoisotopic (exact) mass is 701 g/mol. The Balaban J connectivity index is 1.95. The van der Waals surface area contributed by atoms with Gasteiger partial charge in [0.15, 0.2) is 5.13 Å². The molecule has 0 atom stereocenters. The summed E-state index contributed by atoms with van der Waals surface area (Å²) in [6, 6.07) is 10.5. The van der Waals surface area contributed by atoms with Crippen molar-refractivity contribution in [3.8, 4) is 6.07 Å². The standard InChI is InChI=1S/C41H59N5O3S/c1-8-10-12-14-16-17-19-24-28-45(27-23-18-15-13-11-9-2)40-43-36(41(4,5)6)35(50-40)29-33-31(3)34(30-42)39(49)46(38(33)48)44(7)37(47)32-25-21-20-22-26-32/h20-22,25-26,29H,8-19,23-24,27-28H2,1-7H3/b33-29-. The maximum absolute atomic E-state index is 14.1. The Kier molecular flexibility index (Phi) is 16.4. The Morgan fingerprint density at radius 1 is 0.860 bits per heavy atom. The van der Waals surface area contributed by atoms with E-state index in [0.29, 0.717) is 11.1 Å². The summed E-state index contributed by atoms with van der Waals surface area (Å²) in [4.78, 5) is 49.3. The van der Waals surface area contributed by atoms with E-state index in [9.17, 15) is 19.6 Å². The van der Waals surface area contributed by atoms with Gasteiger partial charge in [0.2, 0.25) is 0 Å². The lowest BCUT2D eigenvalue weighted by atomic mass is 9.89. The van der Waals surface area contributed by atoms with Crippen molar-refractivity contribution in [2.24, 2.45) is 0 Å². The van der Waals surface area contributed by atoms with Gasteiger partial charge in [0.05, 0.1) is 10.6 Å². The number of amides is 3. The Bertz CT molecular complexity index is 1530. The summed E-state index contributed by atoms with van der Waals surface area (Å²) >= 11 is 1.56. The van der Waals surface area contributed by atoms with Crippen molar-refractivity contribution in [3.05, 3.63) is 63.2 Å². The average molecular weight is 702 g/mol. The molecule has 0 bridgehead atoms. The molecule has 8 nitrogen and oxygen atoms in total. The van der Waals surface area contributed by atoms with Crippen molar-refractivity contribution >= 4 is 40.3 Å². The van der Waals surface area contributed by atoms with Crippen LogP contribution in [0.3, 0.4) is 0 Å². The molecule has 2 heterocycles. The average Bonchev–Trinajstić information content (AvgIpc) is 3.53. The van der Waals surface area contributed by atoms with Gasteiger partial charge < -0.3 is 4.90 Å². The number of hydrazine groups is 1. The molecule has 0 unspecified atom stereocenters. The maximum atomic E-state index is 14.1. The van der Waals surface area contributed by atoms with Gasteiger partial charge >= 0.3 is 0 Å². The third-order valence-electron chi connectivity index (χ3n) is 9.30. The summed E-state index contributed by atoms with van der Waals surface area (Å²) < 4.78 is 0. The predicted octanol–water partition coefficient (Wildman–Crippen LogP) is 10.0. The van der Waals surface area contributed by atoms with Crippen LogP contribution in [0.25, 0.3) is 6.08 Å². The zero-order valence-corrected chi connectivity index (χ0v) is 32.5. The van der Waals surface area contributed by atoms with Gasteiger partial charge in [-0.15, -0.1) is 0 Å². The van der Waals surface area contributed by atoms with E-state index < -0.39 is 17.7 Å². The number of benzene rings is 1. The fourth-order valence-electron chi connectivity index (χ4n) is 6.24. The third kappa shape index (κ3) is 11.1. The van der Waals surface area contributed by atoms with E-state index in [0.717, 1.165) is 51.7 Å². The number of rotatable bonds is 20. The van der Waals surface area contributed by atoms with Crippen LogP contribution < -0.4 is 4.90 Å². The Labute approximate surface area is 305 Å². The number of carbonyl (C=O) groups excluding carboxylic acids is 3. The lowest BCUT2D eigenvalue weighted by molar-refractivity contribution is -0.153. The molecular formula is C41H59N5O3S. The molecule has 3 amide bonds. The van der Waals surface area contributed by atoms with E-state index in [1.165, 1.54) is 84.1 Å². The third-order valence-corrected chi connectivity index (χ3v) is 10.4. The zero-order chi connectivity index (χ0) is 36.7. The fourth-order valence-corrected chi connectivity index (χ4v) is 7.52. The van der Waals surface area contributed by atoms with Crippen LogP contribution in [0.5, 0.6) is 0 Å². The van der Waals surface area contributed by atoms with Crippen LogP contribution in [0, 0.1) is 11.3 Å². The first-order chi connectivity index (χ1) is 24.0. The number of anilines is 1. The second-order valence-electron chi connectivity index (χ2n) is 14.5. The molecule has 9 heteroatoms. The number of carbonyl (C=O) groups is 3. The molecular weight excluding hydrogens is 643 g/mol. The normalized spacial score (nSPS) is 14.4. The smallest absolute Gasteiger partial charge is 0.290 e. The van der Waals surface area contributed by atoms with E-state index >= 15 is 0 Å². The number of aromatic nitrogens is 1. The number of hydrogen-bond acceptors (Lipinski definition) is 7. The first-order valence-corrected chi connectivity index (χ1v) is 19.6. The van der Waals surface area contributed by atoms with Gasteiger partial charge in [-0.05, 0) is 43.5 Å². The van der Waals surface area contributed by atoms with Crippen LogP contribution in [0.15, 0.2) is 47.1 Å². The van der Waals surface area contributed by atoms with Crippen LogP contribution in [0.4, 0.5) is 5.13 Å². The summed E-state index contributed by atoms with van der Waals surface area (Å²) in [7, 11) is 1.38. The highest BCUT2D eigenvalue weighted by Crippen LogP contribution is 2.38. The topological polar surface area (TPSA) is 97.6 Å². The van der Waals surface area contributed by atoms with Crippen molar-refractivity contribution in [1.29, 1.82) is 5.26 Å². The zero-order valence-electron chi connectivity index (χ0n) is 31.6. The second-order valence-corrected chi connectivity index (χ2v) is 15.5. The molecule has 0 aliphatic carbocycles. The molecule has 1 aliphatic heterocycles. The summed E-state index contributed by atoms with van der Waals surface area (Å²) in [5.74, 6) is -1.98. The van der Waals surface area contributed by atoms with Gasteiger partial charge in [0, 0.05) is 36.7 Å². The summed E-state index contributed by atoms with van der Waals surface area (Å²) in [6.45, 7) is 14.3. The molecule has 1 aromatic carbocycles. The van der Waals surface area contributed by atoms with Crippen LogP contribution in [0.2, 0.25) is 0 Å². The lowest BCUT2D eigenvalue weighted by Crippen LogP contribution is -2.53. The Morgan fingerprint density at radius 2 is 1.38 bits per heavy atom. The van der Waals surface area contributed by atoms with E-state index in [1.807, 2.05) is 6.07 Å². The van der Waals surface area contributed by atoms with Gasteiger partial charge in [-0.25, -0.2) is 9.99 Å². The highest BCUT2D eigenvalue weighted by molar-refractivity contribution is 7.16. The van der Waals surface area contributed by atoms with Crippen LogP contribution >= 0.6 is 11.3 Å². The maximum Gasteiger partial charge on any atom is 0.290 e. The quantitative estimate of drug-likeness (QED) is 0.0774. The Hall–Kier alpha value is -3.77. The molecule has 50 heavy (non-hydrogen) atoms. The molecule has 2 aromatic rings. The molecule has 0 N–H and O–H groups in total. The van der Waals surface area contributed by atoms with Crippen LogP contribution in [-0.2, 0) is 15.0 Å². The lowest BCUT2D eigenvalue weighted by Gasteiger charge is -2.33. The molecule has 0 spiro atoms. The Morgan fingerprint density at radius 3 is 1.88 bits per heavy atom. The number of hydrogen-bond donors (Lipinski definition) is 0. The summed E-state index contributed by atoms with van der Waals surface area (Å²) in [5.41, 5.74) is 1.22. The van der Waals surface area contributed by atoms with Crippen LogP contribution in [-0.4, -0.2) is 52.9 Å². The summed E-state index contributed by atoms with van der Waals surface area (Å²) in [5, 5.41) is 12.8. The molecule has 272 valence electrons. The molecule has 1 aromatic heterocycles. The highest BCUT2D eigenvalue weighted by atomic mass is 32.1. The second kappa shape index (κ2) is 20.2. The molecule has 0 saturated heterocycles. The number of thiazole rings is 1. The van der Waals surface area contributed by atoms with Gasteiger partial charge in [-0.1, -0.05) is 141 Å². The minimum absolute atomic E-state index is 0.162. The van der Waals surface area contributed by atoms with Gasteiger partial charge in [0.1, 0.15) is 11.6 Å². The highest BCUT2D eigenvalue weighted by Gasteiger charge is 2.40. The van der Waals surface area contributed by atoms with Crippen molar-refractivity contribution in [3.63, 3.8) is 0 Å². The molecule has 0 fully saturated rings. The number of unbranched alkanes of at least 4 members (excludes halogenated alkanes) is 12. The molecule has 3 rings (SSSR count). The van der Waals surface area contributed by atoms with Gasteiger partial charge in [-0.2, -0.15) is 10.3 Å². The molecule has 1 aliphatic rings. The number of imide groups is 1. The van der Waals surface area contributed by atoms with Crippen molar-refractivity contribution < 1.29 is 14.4 Å². The summed E-state index contributed by atoms with van der Waals surface area (Å²) in [6.07, 6.45) is 19.2. The minimum Gasteiger partial charge on any atom is -0.348 e. The van der Waals surface area contributed by atoms with E-state index in [-0.39, 0.29) is 16.6 Å². The van der Waals surface area contributed by atoms with E-state index in [4.69, 9.17) is 4.98 Å². The van der Waals surface area contributed by atoms with Crippen molar-refractivity contribution in [2.75, 3.05) is 25.0 Å².